The van der Waals surface area contributed by atoms with Crippen LogP contribution in [0.25, 0.3) is 21.7 Å². The molecule has 0 saturated carbocycles. The first kappa shape index (κ1) is 17.6. The highest BCUT2D eigenvalue weighted by Crippen LogP contribution is 2.32. The van der Waals surface area contributed by atoms with E-state index in [1.807, 2.05) is 42.5 Å². The van der Waals surface area contributed by atoms with Crippen molar-refractivity contribution in [3.8, 4) is 5.75 Å². The van der Waals surface area contributed by atoms with Crippen LogP contribution in [0.4, 0.5) is 0 Å². The van der Waals surface area contributed by atoms with Crippen molar-refractivity contribution < 1.29 is 14.1 Å². The van der Waals surface area contributed by atoms with Crippen molar-refractivity contribution in [2.24, 2.45) is 0 Å². The predicted molar refractivity (Wildman–Crippen MR) is 110 cm³/mol. The lowest BCUT2D eigenvalue weighted by Crippen LogP contribution is -3.10. The fourth-order valence-electron chi connectivity index (χ4n) is 3.82. The van der Waals surface area contributed by atoms with Crippen LogP contribution in [0.2, 0.25) is 10.0 Å². The third-order valence-electron chi connectivity index (χ3n) is 5.15. The molecule has 6 heteroatoms. The van der Waals surface area contributed by atoms with E-state index in [0.29, 0.717) is 34.3 Å². The van der Waals surface area contributed by atoms with Gasteiger partial charge in [0.15, 0.2) is 5.58 Å². The molecule has 28 heavy (non-hydrogen) atoms. The minimum Gasteiger partial charge on any atom is -0.445 e. The predicted octanol–water partition coefficient (Wildman–Crippen LogP) is 4.19. The average Bonchev–Trinajstić information content (AvgIpc) is 2.71. The van der Waals surface area contributed by atoms with Crippen LogP contribution in [0.5, 0.6) is 5.75 Å². The molecule has 0 aliphatic carbocycles. The Kier molecular flexibility index (Phi) is 4.27. The van der Waals surface area contributed by atoms with Crippen molar-refractivity contribution in [1.82, 2.24) is 0 Å². The molecule has 0 spiro atoms. The van der Waals surface area contributed by atoms with Crippen LogP contribution in [0.1, 0.15) is 11.1 Å². The van der Waals surface area contributed by atoms with Gasteiger partial charge in [0.25, 0.3) is 0 Å². The SMILES string of the molecule is O=c1oc2c3c(ccc2c2ccccc12)OC[NH+](Cc1ccc(Cl)c(Cl)c1)C3. The molecule has 1 aromatic heterocycles. The molecule has 0 fully saturated rings. The van der Waals surface area contributed by atoms with Gasteiger partial charge in [-0.25, -0.2) is 4.79 Å². The van der Waals surface area contributed by atoms with Gasteiger partial charge < -0.3 is 9.15 Å². The topological polar surface area (TPSA) is 43.9 Å². The maximum Gasteiger partial charge on any atom is 0.344 e. The summed E-state index contributed by atoms with van der Waals surface area (Å²) in [5, 5.41) is 3.49. The van der Waals surface area contributed by atoms with E-state index in [9.17, 15) is 4.79 Å². The van der Waals surface area contributed by atoms with E-state index in [-0.39, 0.29) is 5.63 Å². The van der Waals surface area contributed by atoms with Crippen LogP contribution in [0.15, 0.2) is 63.8 Å². The quantitative estimate of drug-likeness (QED) is 0.396. The number of rotatable bonds is 2. The molecule has 3 aromatic carbocycles. The standard InChI is InChI=1S/C22H15Cl2NO3/c23-18-7-5-13(9-19(18)24)10-25-11-17-20(27-12-25)8-6-15-14-3-1-2-4-16(14)22(26)28-21(15)17/h1-9H,10-12H2/p+1. The normalized spacial score (nSPS) is 16.1. The maximum absolute atomic E-state index is 12.5. The molecule has 1 atom stereocenters. The maximum atomic E-state index is 12.5. The Labute approximate surface area is 170 Å². The van der Waals surface area contributed by atoms with Crippen molar-refractivity contribution in [1.29, 1.82) is 0 Å². The van der Waals surface area contributed by atoms with E-state index in [2.05, 4.69) is 0 Å². The van der Waals surface area contributed by atoms with Gasteiger partial charge in [0.1, 0.15) is 18.8 Å². The Balaban J connectivity index is 1.57. The van der Waals surface area contributed by atoms with E-state index in [1.165, 1.54) is 4.90 Å². The number of quaternary nitrogens is 1. The van der Waals surface area contributed by atoms with Gasteiger partial charge in [0, 0.05) is 10.9 Å². The van der Waals surface area contributed by atoms with E-state index in [1.54, 1.807) is 12.1 Å². The van der Waals surface area contributed by atoms with Crippen LogP contribution in [0.3, 0.4) is 0 Å². The smallest absolute Gasteiger partial charge is 0.344 e. The van der Waals surface area contributed by atoms with Crippen LogP contribution >= 0.6 is 23.2 Å². The lowest BCUT2D eigenvalue weighted by Gasteiger charge is -2.26. The fourth-order valence-corrected chi connectivity index (χ4v) is 4.14. The molecule has 0 bridgehead atoms. The Morgan fingerprint density at radius 3 is 2.57 bits per heavy atom. The second-order valence-electron chi connectivity index (χ2n) is 6.99. The molecule has 4 nitrogen and oxygen atoms in total. The van der Waals surface area contributed by atoms with Crippen LogP contribution in [0, 0.1) is 0 Å². The van der Waals surface area contributed by atoms with Crippen molar-refractivity contribution in [2.75, 3.05) is 6.73 Å². The molecule has 0 saturated heterocycles. The molecule has 1 unspecified atom stereocenters. The molecule has 4 aromatic rings. The third-order valence-corrected chi connectivity index (χ3v) is 5.89. The van der Waals surface area contributed by atoms with Gasteiger partial charge in [-0.2, -0.15) is 0 Å². The number of nitrogens with one attached hydrogen (secondary N) is 1. The van der Waals surface area contributed by atoms with Gasteiger partial charge in [-0.15, -0.1) is 0 Å². The first-order chi connectivity index (χ1) is 13.6. The summed E-state index contributed by atoms with van der Waals surface area (Å²) in [5.41, 5.74) is 2.27. The first-order valence-corrected chi connectivity index (χ1v) is 9.73. The summed E-state index contributed by atoms with van der Waals surface area (Å²) in [5.74, 6) is 0.767. The Bertz CT molecular complexity index is 1280. The summed E-state index contributed by atoms with van der Waals surface area (Å²) in [6.45, 7) is 1.94. The summed E-state index contributed by atoms with van der Waals surface area (Å²) in [7, 11) is 0. The van der Waals surface area contributed by atoms with Gasteiger partial charge in [0.05, 0.1) is 21.0 Å². The van der Waals surface area contributed by atoms with Gasteiger partial charge in [-0.3, -0.25) is 4.90 Å². The van der Waals surface area contributed by atoms with E-state index < -0.39 is 0 Å². The molecular weight excluding hydrogens is 397 g/mol. The summed E-state index contributed by atoms with van der Waals surface area (Å²) < 4.78 is 11.7. The Morgan fingerprint density at radius 1 is 0.929 bits per heavy atom. The van der Waals surface area contributed by atoms with E-state index in [0.717, 1.165) is 34.2 Å². The summed E-state index contributed by atoms with van der Waals surface area (Å²) >= 11 is 12.2. The molecule has 0 radical (unpaired) electrons. The van der Waals surface area contributed by atoms with Gasteiger partial charge in [0.2, 0.25) is 6.73 Å². The second kappa shape index (κ2) is 6.82. The lowest BCUT2D eigenvalue weighted by atomic mass is 10.0. The van der Waals surface area contributed by atoms with Crippen LogP contribution in [-0.2, 0) is 13.1 Å². The highest BCUT2D eigenvalue weighted by atomic mass is 35.5. The van der Waals surface area contributed by atoms with Crippen molar-refractivity contribution in [3.05, 3.63) is 86.2 Å². The minimum atomic E-state index is -0.326. The average molecular weight is 413 g/mol. The molecule has 1 aliphatic heterocycles. The zero-order chi connectivity index (χ0) is 19.3. The first-order valence-electron chi connectivity index (χ1n) is 8.98. The fraction of sp³-hybridized carbons (Fsp3) is 0.136. The zero-order valence-corrected chi connectivity index (χ0v) is 16.3. The van der Waals surface area contributed by atoms with Crippen molar-refractivity contribution >= 4 is 44.9 Å². The highest BCUT2D eigenvalue weighted by molar-refractivity contribution is 6.42. The number of hydrogen-bond acceptors (Lipinski definition) is 3. The summed E-state index contributed by atoms with van der Waals surface area (Å²) in [4.78, 5) is 13.7. The monoisotopic (exact) mass is 412 g/mol. The van der Waals surface area contributed by atoms with Crippen molar-refractivity contribution in [3.63, 3.8) is 0 Å². The number of benzene rings is 3. The molecule has 5 rings (SSSR count). The number of hydrogen-bond donors (Lipinski definition) is 1. The molecule has 1 aliphatic rings. The zero-order valence-electron chi connectivity index (χ0n) is 14.8. The Hall–Kier alpha value is -2.53. The third kappa shape index (κ3) is 2.94. The second-order valence-corrected chi connectivity index (χ2v) is 7.81. The van der Waals surface area contributed by atoms with E-state index in [4.69, 9.17) is 32.4 Å². The largest absolute Gasteiger partial charge is 0.445 e. The molecule has 1 N–H and O–H groups in total. The molecule has 0 amide bonds. The number of ether oxygens (including phenoxy) is 1. The minimum absolute atomic E-state index is 0.326. The van der Waals surface area contributed by atoms with Gasteiger partial charge >= 0.3 is 5.63 Å². The number of fused-ring (bicyclic) bond motifs is 5. The molecule has 2 heterocycles. The van der Waals surface area contributed by atoms with Gasteiger partial charge in [-0.05, 0) is 35.7 Å². The highest BCUT2D eigenvalue weighted by Gasteiger charge is 2.25. The molecule has 140 valence electrons. The van der Waals surface area contributed by atoms with Gasteiger partial charge in [-0.1, -0.05) is 47.5 Å². The Morgan fingerprint density at radius 2 is 1.75 bits per heavy atom. The number of halogens is 2. The summed E-state index contributed by atoms with van der Waals surface area (Å²) in [6.07, 6.45) is 0. The van der Waals surface area contributed by atoms with Crippen molar-refractivity contribution in [2.45, 2.75) is 13.1 Å². The van der Waals surface area contributed by atoms with Crippen LogP contribution < -0.4 is 15.3 Å². The van der Waals surface area contributed by atoms with Crippen LogP contribution in [-0.4, -0.2) is 6.73 Å². The molecular formula is C22H16Cl2NO3+. The van der Waals surface area contributed by atoms with E-state index >= 15 is 0 Å². The summed E-state index contributed by atoms with van der Waals surface area (Å²) in [6, 6.07) is 17.1. The lowest BCUT2D eigenvalue weighted by molar-refractivity contribution is -0.945.